The smallest absolute Gasteiger partial charge is 0.237 e. The highest BCUT2D eigenvalue weighted by molar-refractivity contribution is 9.10. The van der Waals surface area contributed by atoms with Crippen LogP contribution in [0.25, 0.3) is 11.4 Å². The van der Waals surface area contributed by atoms with E-state index in [9.17, 15) is 4.79 Å². The zero-order valence-electron chi connectivity index (χ0n) is 11.5. The summed E-state index contributed by atoms with van der Waals surface area (Å²) < 4.78 is 11.1. The highest BCUT2D eigenvalue weighted by atomic mass is 79.9. The number of rotatable bonds is 5. The summed E-state index contributed by atoms with van der Waals surface area (Å²) in [5.41, 5.74) is 0.795. The lowest BCUT2D eigenvalue weighted by Crippen LogP contribution is -2.07. The Balaban J connectivity index is 2.29. The second-order valence-electron chi connectivity index (χ2n) is 4.35. The summed E-state index contributed by atoms with van der Waals surface area (Å²) in [5, 5.41) is 3.92. The number of carbonyl (C=O) groups is 1. The maximum Gasteiger partial charge on any atom is 0.237 e. The topological polar surface area (TPSA) is 65.2 Å². The largest absolute Gasteiger partial charge is 0.496 e. The molecule has 5 nitrogen and oxygen atoms in total. The molecule has 106 valence electrons. The summed E-state index contributed by atoms with van der Waals surface area (Å²) >= 11 is 3.41. The number of ether oxygens (including phenoxy) is 1. The molecule has 1 unspecified atom stereocenters. The fourth-order valence-corrected chi connectivity index (χ4v) is 2.32. The molecule has 0 aliphatic carbocycles. The number of hydrogen-bond donors (Lipinski definition) is 0. The predicted molar refractivity (Wildman–Crippen MR) is 77.7 cm³/mol. The maximum absolute atomic E-state index is 11.6. The molecule has 0 saturated heterocycles. The lowest BCUT2D eigenvalue weighted by atomic mass is 10.1. The van der Waals surface area contributed by atoms with Crippen molar-refractivity contribution in [1.29, 1.82) is 0 Å². The second kappa shape index (κ2) is 6.17. The molecular weight excluding hydrogens is 324 g/mol. The van der Waals surface area contributed by atoms with Crippen LogP contribution in [0.1, 0.15) is 32.1 Å². The van der Waals surface area contributed by atoms with Gasteiger partial charge >= 0.3 is 0 Å². The molecule has 2 rings (SSSR count). The number of methoxy groups -OCH3 is 1. The normalized spacial score (nSPS) is 12.2. The molecule has 1 aromatic carbocycles. The number of benzene rings is 1. The van der Waals surface area contributed by atoms with Gasteiger partial charge in [0.15, 0.2) is 0 Å². The van der Waals surface area contributed by atoms with Crippen LogP contribution < -0.4 is 4.74 Å². The lowest BCUT2D eigenvalue weighted by Gasteiger charge is -2.03. The average Bonchev–Trinajstić information content (AvgIpc) is 2.95. The van der Waals surface area contributed by atoms with E-state index in [1.807, 2.05) is 25.1 Å². The third kappa shape index (κ3) is 2.90. The SMILES string of the molecule is CCC(=O)C(C)c1nc(-c2ccc(OC)c(Br)c2)no1. The van der Waals surface area contributed by atoms with Crippen molar-refractivity contribution < 1.29 is 14.1 Å². The van der Waals surface area contributed by atoms with Gasteiger partial charge in [-0.25, -0.2) is 0 Å². The van der Waals surface area contributed by atoms with Crippen LogP contribution in [-0.2, 0) is 4.79 Å². The first-order chi connectivity index (χ1) is 9.56. The zero-order valence-corrected chi connectivity index (χ0v) is 13.1. The van der Waals surface area contributed by atoms with Crippen molar-refractivity contribution in [1.82, 2.24) is 10.1 Å². The van der Waals surface area contributed by atoms with E-state index in [4.69, 9.17) is 9.26 Å². The van der Waals surface area contributed by atoms with E-state index in [0.717, 1.165) is 15.8 Å². The van der Waals surface area contributed by atoms with Gasteiger partial charge in [-0.05, 0) is 41.1 Å². The van der Waals surface area contributed by atoms with Gasteiger partial charge in [-0.1, -0.05) is 12.1 Å². The van der Waals surface area contributed by atoms with Gasteiger partial charge < -0.3 is 9.26 Å². The van der Waals surface area contributed by atoms with Gasteiger partial charge in [0.1, 0.15) is 11.5 Å². The van der Waals surface area contributed by atoms with Gasteiger partial charge in [-0.3, -0.25) is 4.79 Å². The van der Waals surface area contributed by atoms with Crippen molar-refractivity contribution in [3.8, 4) is 17.1 Å². The summed E-state index contributed by atoms with van der Waals surface area (Å²) in [6.07, 6.45) is 0.451. The van der Waals surface area contributed by atoms with E-state index in [0.29, 0.717) is 18.1 Å². The molecule has 2 aromatic rings. The third-order valence-electron chi connectivity index (χ3n) is 3.05. The molecule has 0 fully saturated rings. The summed E-state index contributed by atoms with van der Waals surface area (Å²) in [6.45, 7) is 3.59. The van der Waals surface area contributed by atoms with E-state index in [-0.39, 0.29) is 11.7 Å². The molecule has 0 bridgehead atoms. The highest BCUT2D eigenvalue weighted by Crippen LogP contribution is 2.30. The minimum atomic E-state index is -0.372. The van der Waals surface area contributed by atoms with Crippen LogP contribution in [0.2, 0.25) is 0 Å². The Morgan fingerprint density at radius 3 is 2.85 bits per heavy atom. The summed E-state index contributed by atoms with van der Waals surface area (Å²) in [6, 6.07) is 5.50. The average molecular weight is 339 g/mol. The summed E-state index contributed by atoms with van der Waals surface area (Å²) in [5.74, 6) is 1.24. The van der Waals surface area contributed by atoms with Crippen LogP contribution in [-0.4, -0.2) is 23.0 Å². The molecule has 0 saturated carbocycles. The van der Waals surface area contributed by atoms with Crippen molar-refractivity contribution in [2.45, 2.75) is 26.2 Å². The van der Waals surface area contributed by atoms with Crippen LogP contribution in [0.4, 0.5) is 0 Å². The number of nitrogens with zero attached hydrogens (tertiary/aromatic N) is 2. The Hall–Kier alpha value is -1.69. The number of ketones is 1. The molecule has 1 aromatic heterocycles. The van der Waals surface area contributed by atoms with Gasteiger partial charge in [0.05, 0.1) is 17.5 Å². The quantitative estimate of drug-likeness (QED) is 0.833. The van der Waals surface area contributed by atoms with Gasteiger partial charge in [0.25, 0.3) is 0 Å². The minimum absolute atomic E-state index is 0.0797. The highest BCUT2D eigenvalue weighted by Gasteiger charge is 2.21. The molecule has 20 heavy (non-hydrogen) atoms. The van der Waals surface area contributed by atoms with Crippen LogP contribution >= 0.6 is 15.9 Å². The predicted octanol–water partition coefficient (Wildman–Crippen LogP) is 3.59. The van der Waals surface area contributed by atoms with Crippen molar-refractivity contribution in [2.75, 3.05) is 7.11 Å². The first kappa shape index (κ1) is 14.7. The van der Waals surface area contributed by atoms with Crippen molar-refractivity contribution in [3.63, 3.8) is 0 Å². The van der Waals surface area contributed by atoms with Crippen molar-refractivity contribution in [3.05, 3.63) is 28.6 Å². The number of aromatic nitrogens is 2. The first-order valence-corrected chi connectivity index (χ1v) is 7.06. The molecule has 0 aliphatic rings. The van der Waals surface area contributed by atoms with E-state index >= 15 is 0 Å². The van der Waals surface area contributed by atoms with Crippen LogP contribution in [0.5, 0.6) is 5.75 Å². The van der Waals surface area contributed by atoms with E-state index in [2.05, 4.69) is 26.1 Å². The Bertz CT molecular complexity index is 625. The monoisotopic (exact) mass is 338 g/mol. The molecule has 6 heteroatoms. The van der Waals surface area contributed by atoms with Gasteiger partial charge in [-0.15, -0.1) is 0 Å². The fourth-order valence-electron chi connectivity index (χ4n) is 1.78. The molecule has 0 radical (unpaired) electrons. The number of carbonyl (C=O) groups excluding carboxylic acids is 1. The molecule has 0 aliphatic heterocycles. The molecular formula is C14H15BrN2O3. The van der Waals surface area contributed by atoms with Crippen LogP contribution in [0.15, 0.2) is 27.2 Å². The van der Waals surface area contributed by atoms with Crippen LogP contribution in [0, 0.1) is 0 Å². The maximum atomic E-state index is 11.6. The Labute approximate surface area is 125 Å². The number of hydrogen-bond acceptors (Lipinski definition) is 5. The molecule has 1 atom stereocenters. The Kier molecular flexibility index (Phi) is 4.54. The zero-order chi connectivity index (χ0) is 14.7. The van der Waals surface area contributed by atoms with E-state index < -0.39 is 0 Å². The Morgan fingerprint density at radius 2 is 2.25 bits per heavy atom. The second-order valence-corrected chi connectivity index (χ2v) is 5.20. The van der Waals surface area contributed by atoms with Gasteiger partial charge in [-0.2, -0.15) is 4.98 Å². The fraction of sp³-hybridized carbons (Fsp3) is 0.357. The number of halogens is 1. The van der Waals surface area contributed by atoms with Crippen LogP contribution in [0.3, 0.4) is 0 Å². The minimum Gasteiger partial charge on any atom is -0.496 e. The van der Waals surface area contributed by atoms with Gasteiger partial charge in [0.2, 0.25) is 11.7 Å². The summed E-state index contributed by atoms with van der Waals surface area (Å²) in [7, 11) is 1.60. The molecule has 0 N–H and O–H groups in total. The molecule has 0 spiro atoms. The Morgan fingerprint density at radius 1 is 1.50 bits per heavy atom. The lowest BCUT2D eigenvalue weighted by molar-refractivity contribution is -0.120. The molecule has 0 amide bonds. The summed E-state index contributed by atoms with van der Waals surface area (Å²) in [4.78, 5) is 15.9. The standard InChI is InChI=1S/C14H15BrN2O3/c1-4-11(18)8(2)14-16-13(17-20-14)9-5-6-12(19-3)10(15)7-9/h5-8H,4H2,1-3H3. The number of Topliss-reactive ketones (excluding diaryl/α,β-unsaturated/α-hetero) is 1. The van der Waals surface area contributed by atoms with E-state index in [1.165, 1.54) is 0 Å². The third-order valence-corrected chi connectivity index (χ3v) is 3.67. The first-order valence-electron chi connectivity index (χ1n) is 6.27. The van der Waals surface area contributed by atoms with E-state index in [1.54, 1.807) is 14.0 Å². The van der Waals surface area contributed by atoms with Crippen molar-refractivity contribution in [2.24, 2.45) is 0 Å². The van der Waals surface area contributed by atoms with Crippen molar-refractivity contribution >= 4 is 21.7 Å². The molecule has 1 heterocycles. The van der Waals surface area contributed by atoms with Gasteiger partial charge in [0, 0.05) is 12.0 Å².